The molecule has 0 amide bonds. The van der Waals surface area contributed by atoms with Crippen LogP contribution in [0.25, 0.3) is 0 Å². The summed E-state index contributed by atoms with van der Waals surface area (Å²) < 4.78 is 16.3. The van der Waals surface area contributed by atoms with Crippen molar-refractivity contribution in [3.8, 4) is 23.4 Å². The first-order chi connectivity index (χ1) is 11.8. The van der Waals surface area contributed by atoms with Crippen molar-refractivity contribution < 1.29 is 14.2 Å². The van der Waals surface area contributed by atoms with E-state index in [0.29, 0.717) is 5.75 Å². The van der Waals surface area contributed by atoms with Gasteiger partial charge in [0.2, 0.25) is 6.79 Å². The van der Waals surface area contributed by atoms with Crippen molar-refractivity contribution in [2.45, 2.75) is 6.04 Å². The maximum Gasteiger partial charge on any atom is 0.231 e. The zero-order chi connectivity index (χ0) is 16.5. The summed E-state index contributed by atoms with van der Waals surface area (Å²) in [5.41, 5.74) is 2.62. The highest BCUT2D eigenvalue weighted by atomic mass is 16.7. The SMILES string of the molecule is COc1ccc2c(c1)C(Nc1cccc3c1OCO3)C=CN2C#N. The minimum atomic E-state index is -0.115. The van der Waals surface area contributed by atoms with E-state index in [1.165, 1.54) is 4.90 Å². The number of nitrogens with one attached hydrogen (secondary N) is 1. The molecule has 4 rings (SSSR count). The third-order valence-corrected chi connectivity index (χ3v) is 4.07. The molecule has 24 heavy (non-hydrogen) atoms. The van der Waals surface area contributed by atoms with Gasteiger partial charge in [-0.05, 0) is 36.4 Å². The number of ether oxygens (including phenoxy) is 3. The molecule has 1 unspecified atom stereocenters. The number of hydrogen-bond acceptors (Lipinski definition) is 6. The number of benzene rings is 2. The second-order valence-corrected chi connectivity index (χ2v) is 5.40. The topological polar surface area (TPSA) is 66.8 Å². The zero-order valence-corrected chi connectivity index (χ0v) is 13.0. The Morgan fingerprint density at radius 1 is 1.29 bits per heavy atom. The highest BCUT2D eigenvalue weighted by molar-refractivity contribution is 5.70. The Hall–Kier alpha value is -3.33. The van der Waals surface area contributed by atoms with Crippen molar-refractivity contribution in [2.75, 3.05) is 24.1 Å². The van der Waals surface area contributed by atoms with Crippen molar-refractivity contribution in [3.63, 3.8) is 0 Å². The van der Waals surface area contributed by atoms with E-state index in [1.54, 1.807) is 13.3 Å². The second-order valence-electron chi connectivity index (χ2n) is 5.40. The first kappa shape index (κ1) is 14.3. The molecule has 0 bridgehead atoms. The van der Waals surface area contributed by atoms with Gasteiger partial charge < -0.3 is 19.5 Å². The van der Waals surface area contributed by atoms with Crippen LogP contribution in [0.15, 0.2) is 48.7 Å². The van der Waals surface area contributed by atoms with Crippen molar-refractivity contribution in [3.05, 3.63) is 54.2 Å². The molecule has 2 aliphatic heterocycles. The van der Waals surface area contributed by atoms with Crippen molar-refractivity contribution in [2.24, 2.45) is 0 Å². The third kappa shape index (κ3) is 2.27. The Bertz CT molecular complexity index is 857. The van der Waals surface area contributed by atoms with E-state index in [2.05, 4.69) is 11.5 Å². The molecule has 6 heteroatoms. The van der Waals surface area contributed by atoms with Gasteiger partial charge in [-0.25, -0.2) is 0 Å². The fraction of sp³-hybridized carbons (Fsp3) is 0.167. The number of nitriles is 1. The van der Waals surface area contributed by atoms with Gasteiger partial charge >= 0.3 is 0 Å². The normalized spacial score (nSPS) is 17.2. The van der Waals surface area contributed by atoms with Gasteiger partial charge in [-0.3, -0.25) is 4.90 Å². The molecule has 2 aliphatic rings. The predicted molar refractivity (Wildman–Crippen MR) is 89.2 cm³/mol. The van der Waals surface area contributed by atoms with E-state index in [4.69, 9.17) is 14.2 Å². The number of fused-ring (bicyclic) bond motifs is 2. The molecule has 0 saturated carbocycles. The van der Waals surface area contributed by atoms with Crippen LogP contribution in [0, 0.1) is 11.5 Å². The summed E-state index contributed by atoms with van der Waals surface area (Å²) in [4.78, 5) is 1.53. The Kier molecular flexibility index (Phi) is 3.39. The van der Waals surface area contributed by atoms with Gasteiger partial charge in [-0.15, -0.1) is 0 Å². The van der Waals surface area contributed by atoms with Crippen LogP contribution in [0.3, 0.4) is 0 Å². The summed E-state index contributed by atoms with van der Waals surface area (Å²) in [7, 11) is 1.63. The maximum absolute atomic E-state index is 9.30. The van der Waals surface area contributed by atoms with Crippen LogP contribution in [0.5, 0.6) is 17.2 Å². The van der Waals surface area contributed by atoms with Crippen molar-refractivity contribution >= 4 is 11.4 Å². The van der Waals surface area contributed by atoms with Crippen LogP contribution >= 0.6 is 0 Å². The highest BCUT2D eigenvalue weighted by Gasteiger charge is 2.24. The molecule has 1 N–H and O–H groups in total. The molecule has 120 valence electrons. The molecular weight excluding hydrogens is 306 g/mol. The Labute approximate surface area is 139 Å². The summed E-state index contributed by atoms with van der Waals surface area (Å²) in [5, 5.41) is 12.8. The molecule has 2 heterocycles. The molecule has 0 fully saturated rings. The highest BCUT2D eigenvalue weighted by Crippen LogP contribution is 2.42. The summed E-state index contributed by atoms with van der Waals surface area (Å²) >= 11 is 0. The van der Waals surface area contributed by atoms with E-state index in [0.717, 1.165) is 28.4 Å². The zero-order valence-electron chi connectivity index (χ0n) is 13.0. The van der Waals surface area contributed by atoms with Gasteiger partial charge in [-0.2, -0.15) is 5.26 Å². The van der Waals surface area contributed by atoms with Crippen LogP contribution in [0.1, 0.15) is 11.6 Å². The van der Waals surface area contributed by atoms with Gasteiger partial charge in [0.1, 0.15) is 5.75 Å². The fourth-order valence-electron chi connectivity index (χ4n) is 2.91. The summed E-state index contributed by atoms with van der Waals surface area (Å²) in [6.07, 6.45) is 5.84. The van der Waals surface area contributed by atoms with E-state index in [-0.39, 0.29) is 12.8 Å². The van der Waals surface area contributed by atoms with Crippen LogP contribution in [0.4, 0.5) is 11.4 Å². The van der Waals surface area contributed by atoms with Crippen LogP contribution in [-0.2, 0) is 0 Å². The Morgan fingerprint density at radius 2 is 2.21 bits per heavy atom. The quantitative estimate of drug-likeness (QED) is 0.874. The summed E-state index contributed by atoms with van der Waals surface area (Å²) in [6.45, 7) is 0.223. The molecule has 0 aromatic heterocycles. The maximum atomic E-state index is 9.30. The van der Waals surface area contributed by atoms with E-state index in [1.807, 2.05) is 42.5 Å². The largest absolute Gasteiger partial charge is 0.497 e. The molecule has 1 atom stereocenters. The minimum Gasteiger partial charge on any atom is -0.497 e. The number of nitrogens with zero attached hydrogens (tertiary/aromatic N) is 2. The van der Waals surface area contributed by atoms with Crippen LogP contribution in [0.2, 0.25) is 0 Å². The minimum absolute atomic E-state index is 0.115. The Morgan fingerprint density at radius 3 is 3.04 bits per heavy atom. The number of methoxy groups -OCH3 is 1. The monoisotopic (exact) mass is 321 g/mol. The lowest BCUT2D eigenvalue weighted by atomic mass is 10.00. The smallest absolute Gasteiger partial charge is 0.231 e. The average molecular weight is 321 g/mol. The number of rotatable bonds is 3. The van der Waals surface area contributed by atoms with Gasteiger partial charge in [0.05, 0.1) is 24.5 Å². The number of para-hydroxylation sites is 1. The van der Waals surface area contributed by atoms with Crippen LogP contribution < -0.4 is 24.4 Å². The molecule has 6 nitrogen and oxygen atoms in total. The summed E-state index contributed by atoms with van der Waals surface area (Å²) in [5.74, 6) is 2.17. The molecule has 2 aromatic carbocycles. The van der Waals surface area contributed by atoms with Crippen LogP contribution in [-0.4, -0.2) is 13.9 Å². The molecule has 0 saturated heterocycles. The predicted octanol–water partition coefficient (Wildman–Crippen LogP) is 3.39. The first-order valence-electron chi connectivity index (χ1n) is 7.50. The third-order valence-electron chi connectivity index (χ3n) is 4.07. The van der Waals surface area contributed by atoms with E-state index in [9.17, 15) is 5.26 Å². The Balaban J connectivity index is 1.72. The lowest BCUT2D eigenvalue weighted by molar-refractivity contribution is 0.174. The standard InChI is InChI=1S/C18H15N3O3/c1-22-12-5-6-16-13(9-12)14(7-8-21(16)10-19)20-15-3-2-4-17-18(15)24-11-23-17/h2-9,14,20H,11H2,1H3. The molecular formula is C18H15N3O3. The van der Waals surface area contributed by atoms with Gasteiger partial charge in [0, 0.05) is 11.8 Å². The lowest BCUT2D eigenvalue weighted by Crippen LogP contribution is -2.20. The molecule has 0 radical (unpaired) electrons. The number of hydrogen-bond donors (Lipinski definition) is 1. The second kappa shape index (κ2) is 5.70. The molecule has 2 aromatic rings. The first-order valence-corrected chi connectivity index (χ1v) is 7.50. The van der Waals surface area contributed by atoms with Crippen molar-refractivity contribution in [1.29, 1.82) is 5.26 Å². The van der Waals surface area contributed by atoms with E-state index >= 15 is 0 Å². The fourth-order valence-corrected chi connectivity index (χ4v) is 2.91. The van der Waals surface area contributed by atoms with Gasteiger partial charge in [0.25, 0.3) is 0 Å². The van der Waals surface area contributed by atoms with E-state index < -0.39 is 0 Å². The molecule has 0 spiro atoms. The molecule has 0 aliphatic carbocycles. The summed E-state index contributed by atoms with van der Waals surface area (Å²) in [6, 6.07) is 11.3. The number of anilines is 2. The van der Waals surface area contributed by atoms with Gasteiger partial charge in [-0.1, -0.05) is 6.07 Å². The lowest BCUT2D eigenvalue weighted by Gasteiger charge is -2.27. The van der Waals surface area contributed by atoms with Gasteiger partial charge in [0.15, 0.2) is 17.7 Å². The van der Waals surface area contributed by atoms with Crippen molar-refractivity contribution in [1.82, 2.24) is 0 Å². The average Bonchev–Trinajstić information content (AvgIpc) is 3.11.